The summed E-state index contributed by atoms with van der Waals surface area (Å²) in [6.45, 7) is 6.47. The van der Waals surface area contributed by atoms with Gasteiger partial charge in [0.15, 0.2) is 0 Å². The first kappa shape index (κ1) is 19.8. The van der Waals surface area contributed by atoms with Crippen LogP contribution in [0.4, 0.5) is 0 Å². The molecule has 0 radical (unpaired) electrons. The first-order chi connectivity index (χ1) is 14.9. The van der Waals surface area contributed by atoms with Gasteiger partial charge in [-0.2, -0.15) is 0 Å². The summed E-state index contributed by atoms with van der Waals surface area (Å²) in [5.41, 5.74) is 3.82. The van der Waals surface area contributed by atoms with Crippen molar-refractivity contribution in [3.63, 3.8) is 0 Å². The van der Waals surface area contributed by atoms with Gasteiger partial charge in [-0.25, -0.2) is 0 Å². The SMILES string of the molecule is CC(C)(C)N1C(=O)[C@@]2(Cc3ccccc3)c3ccccc3C=C[C@H]2[C@@H]1c1ccccc1. The number of hydrogen-bond acceptors (Lipinski definition) is 1. The van der Waals surface area contributed by atoms with Gasteiger partial charge in [-0.1, -0.05) is 97.1 Å². The zero-order valence-corrected chi connectivity index (χ0v) is 18.5. The van der Waals surface area contributed by atoms with Crippen molar-refractivity contribution >= 4 is 12.0 Å². The number of hydrogen-bond donors (Lipinski definition) is 0. The zero-order valence-electron chi connectivity index (χ0n) is 18.5. The molecular formula is C29H29NO. The van der Waals surface area contributed by atoms with Crippen molar-refractivity contribution in [3.05, 3.63) is 113 Å². The van der Waals surface area contributed by atoms with Crippen molar-refractivity contribution in [2.75, 3.05) is 0 Å². The normalized spacial score (nSPS) is 24.7. The van der Waals surface area contributed by atoms with E-state index in [0.717, 1.165) is 11.1 Å². The molecule has 156 valence electrons. The van der Waals surface area contributed by atoms with E-state index < -0.39 is 5.41 Å². The lowest BCUT2D eigenvalue weighted by atomic mass is 9.62. The molecule has 3 aromatic rings. The van der Waals surface area contributed by atoms with E-state index in [1.54, 1.807) is 0 Å². The second-order valence-corrected chi connectivity index (χ2v) is 9.81. The van der Waals surface area contributed by atoms with Crippen LogP contribution in [0.15, 0.2) is 91.0 Å². The number of benzene rings is 3. The summed E-state index contributed by atoms with van der Waals surface area (Å²) in [6.07, 6.45) is 5.22. The lowest BCUT2D eigenvalue weighted by Crippen LogP contribution is -2.49. The van der Waals surface area contributed by atoms with Crippen LogP contribution in [0.5, 0.6) is 0 Å². The number of fused-ring (bicyclic) bond motifs is 3. The second-order valence-electron chi connectivity index (χ2n) is 9.81. The predicted octanol–water partition coefficient (Wildman–Crippen LogP) is 6.19. The molecule has 1 amide bonds. The summed E-state index contributed by atoms with van der Waals surface area (Å²) in [4.78, 5) is 16.7. The number of rotatable bonds is 3. The van der Waals surface area contributed by atoms with E-state index >= 15 is 0 Å². The van der Waals surface area contributed by atoms with E-state index in [2.05, 4.69) is 111 Å². The Kier molecular flexibility index (Phi) is 4.62. The fourth-order valence-corrected chi connectivity index (χ4v) is 5.67. The Labute approximate surface area is 185 Å². The van der Waals surface area contributed by atoms with Gasteiger partial charge < -0.3 is 4.90 Å². The molecule has 2 nitrogen and oxygen atoms in total. The van der Waals surface area contributed by atoms with Crippen LogP contribution in [0.3, 0.4) is 0 Å². The minimum atomic E-state index is -0.611. The van der Waals surface area contributed by atoms with E-state index in [0.29, 0.717) is 6.42 Å². The molecule has 0 saturated carbocycles. The summed E-state index contributed by atoms with van der Waals surface area (Å²) in [7, 11) is 0. The number of carbonyl (C=O) groups is 1. The van der Waals surface area contributed by atoms with Crippen molar-refractivity contribution in [1.82, 2.24) is 4.90 Å². The average Bonchev–Trinajstić information content (AvgIpc) is 3.04. The lowest BCUT2D eigenvalue weighted by Gasteiger charge is -2.38. The molecule has 1 heterocycles. The van der Waals surface area contributed by atoms with E-state index in [1.165, 1.54) is 11.1 Å². The van der Waals surface area contributed by atoms with Crippen LogP contribution < -0.4 is 0 Å². The van der Waals surface area contributed by atoms with Crippen LogP contribution in [-0.4, -0.2) is 16.3 Å². The molecule has 31 heavy (non-hydrogen) atoms. The Hall–Kier alpha value is -3.13. The molecular weight excluding hydrogens is 378 g/mol. The molecule has 0 unspecified atom stereocenters. The van der Waals surface area contributed by atoms with Crippen molar-refractivity contribution in [1.29, 1.82) is 0 Å². The maximum absolute atomic E-state index is 14.6. The highest BCUT2D eigenvalue weighted by molar-refractivity contribution is 5.95. The molecule has 3 aromatic carbocycles. The third kappa shape index (κ3) is 3.05. The fourth-order valence-electron chi connectivity index (χ4n) is 5.67. The van der Waals surface area contributed by atoms with Crippen molar-refractivity contribution in [2.24, 2.45) is 5.92 Å². The lowest BCUT2D eigenvalue weighted by molar-refractivity contribution is -0.138. The maximum Gasteiger partial charge on any atom is 0.235 e. The van der Waals surface area contributed by atoms with E-state index in [-0.39, 0.29) is 23.4 Å². The van der Waals surface area contributed by atoms with E-state index in [1.807, 2.05) is 12.1 Å². The number of amides is 1. The van der Waals surface area contributed by atoms with Crippen LogP contribution in [0.25, 0.3) is 6.08 Å². The Morgan fingerprint density at radius 1 is 0.839 bits per heavy atom. The monoisotopic (exact) mass is 407 g/mol. The number of carbonyl (C=O) groups excluding carboxylic acids is 1. The van der Waals surface area contributed by atoms with Gasteiger partial charge in [-0.15, -0.1) is 0 Å². The van der Waals surface area contributed by atoms with Gasteiger partial charge in [0.25, 0.3) is 0 Å². The average molecular weight is 408 g/mol. The highest BCUT2D eigenvalue weighted by atomic mass is 16.2. The van der Waals surface area contributed by atoms with Gasteiger partial charge >= 0.3 is 0 Å². The number of nitrogens with zero attached hydrogens (tertiary/aromatic N) is 1. The van der Waals surface area contributed by atoms with Gasteiger partial charge in [0, 0.05) is 11.5 Å². The summed E-state index contributed by atoms with van der Waals surface area (Å²) >= 11 is 0. The summed E-state index contributed by atoms with van der Waals surface area (Å²) in [6, 6.07) is 29.5. The van der Waals surface area contributed by atoms with E-state index in [9.17, 15) is 4.79 Å². The van der Waals surface area contributed by atoms with Gasteiger partial charge in [-0.3, -0.25) is 4.79 Å². The molecule has 2 heteroatoms. The highest BCUT2D eigenvalue weighted by Gasteiger charge is 2.62. The Morgan fingerprint density at radius 3 is 2.13 bits per heavy atom. The van der Waals surface area contributed by atoms with Crippen molar-refractivity contribution < 1.29 is 4.79 Å². The van der Waals surface area contributed by atoms with Crippen LogP contribution in [0, 0.1) is 5.92 Å². The molecule has 0 spiro atoms. The first-order valence-corrected chi connectivity index (χ1v) is 11.1. The molecule has 0 N–H and O–H groups in total. The van der Waals surface area contributed by atoms with Gasteiger partial charge in [0.05, 0.1) is 11.5 Å². The minimum absolute atomic E-state index is 0.00187. The molecule has 2 aliphatic rings. The predicted molar refractivity (Wildman–Crippen MR) is 127 cm³/mol. The summed E-state index contributed by atoms with van der Waals surface area (Å²) in [5, 5.41) is 0. The van der Waals surface area contributed by atoms with Gasteiger partial charge in [0.2, 0.25) is 5.91 Å². The van der Waals surface area contributed by atoms with Crippen LogP contribution in [0.2, 0.25) is 0 Å². The largest absolute Gasteiger partial charge is 0.329 e. The molecule has 1 aliphatic carbocycles. The Bertz CT molecular complexity index is 1130. The molecule has 3 atom stereocenters. The third-order valence-corrected chi connectivity index (χ3v) is 6.90. The smallest absolute Gasteiger partial charge is 0.235 e. The quantitative estimate of drug-likeness (QED) is 0.507. The molecule has 0 bridgehead atoms. The topological polar surface area (TPSA) is 20.3 Å². The number of likely N-dealkylation sites (tertiary alicyclic amines) is 1. The maximum atomic E-state index is 14.6. The van der Waals surface area contributed by atoms with Gasteiger partial charge in [0.1, 0.15) is 0 Å². The molecule has 1 saturated heterocycles. The Morgan fingerprint density at radius 2 is 1.45 bits per heavy atom. The zero-order chi connectivity index (χ0) is 21.6. The van der Waals surface area contributed by atoms with E-state index in [4.69, 9.17) is 0 Å². The molecule has 1 aliphatic heterocycles. The van der Waals surface area contributed by atoms with Crippen molar-refractivity contribution in [3.8, 4) is 0 Å². The third-order valence-electron chi connectivity index (χ3n) is 6.90. The van der Waals surface area contributed by atoms with Crippen molar-refractivity contribution in [2.45, 2.75) is 44.2 Å². The molecule has 1 fully saturated rings. The Balaban J connectivity index is 1.78. The minimum Gasteiger partial charge on any atom is -0.329 e. The summed E-state index contributed by atoms with van der Waals surface area (Å²) < 4.78 is 0. The molecule has 0 aromatic heterocycles. The second kappa shape index (κ2) is 7.23. The standard InChI is InChI=1S/C29H29NO/c1-28(2,3)30-26(23-15-8-5-9-16-23)25-19-18-22-14-10-11-17-24(22)29(25,27(30)31)20-21-12-6-4-7-13-21/h4-19,25-26H,20H2,1-3H3/t25-,26-,29-/m0/s1. The first-order valence-electron chi connectivity index (χ1n) is 11.1. The summed E-state index contributed by atoms with van der Waals surface area (Å²) in [5.74, 6) is 0.302. The molecule has 5 rings (SSSR count). The van der Waals surface area contributed by atoms with Gasteiger partial charge in [-0.05, 0) is 49.4 Å². The highest BCUT2D eigenvalue weighted by Crippen LogP contribution is 2.57. The van der Waals surface area contributed by atoms with Crippen LogP contribution >= 0.6 is 0 Å². The van der Waals surface area contributed by atoms with Crippen LogP contribution in [-0.2, 0) is 16.6 Å². The van der Waals surface area contributed by atoms with Crippen LogP contribution in [0.1, 0.15) is 49.1 Å². The fraction of sp³-hybridized carbons (Fsp3) is 0.276.